The summed E-state index contributed by atoms with van der Waals surface area (Å²) in [4.78, 5) is 12.1. The molecule has 0 amide bonds. The predicted octanol–water partition coefficient (Wildman–Crippen LogP) is 3.51. The fraction of sp³-hybridized carbons (Fsp3) is 0.462. The maximum absolute atomic E-state index is 12.7. The molecule has 0 aliphatic rings. The zero-order valence-corrected chi connectivity index (χ0v) is 10.9. The van der Waals surface area contributed by atoms with Gasteiger partial charge in [0.15, 0.2) is 0 Å². The Morgan fingerprint density at radius 2 is 2.06 bits per heavy atom. The predicted molar refractivity (Wildman–Crippen MR) is 67.5 cm³/mol. The summed E-state index contributed by atoms with van der Waals surface area (Å²) < 4.78 is 17.3. The fourth-order valence-corrected chi connectivity index (χ4v) is 2.46. The first-order valence-electron chi connectivity index (χ1n) is 5.57. The van der Waals surface area contributed by atoms with Crippen molar-refractivity contribution in [1.82, 2.24) is 0 Å². The number of hydrogen-bond donors (Lipinski definition) is 0. The Kier molecular flexibility index (Phi) is 6.05. The van der Waals surface area contributed by atoms with Crippen molar-refractivity contribution in [2.75, 3.05) is 12.9 Å². The molecule has 1 aromatic rings. The lowest BCUT2D eigenvalue weighted by atomic mass is 10.1. The van der Waals surface area contributed by atoms with Crippen LogP contribution in [-0.2, 0) is 9.53 Å². The second kappa shape index (κ2) is 7.33. The van der Waals surface area contributed by atoms with Gasteiger partial charge in [-0.15, -0.1) is 11.8 Å². The second-order valence-electron chi connectivity index (χ2n) is 3.98. The molecule has 0 aliphatic heterocycles. The lowest BCUT2D eigenvalue weighted by Gasteiger charge is -2.09. The molecule has 0 saturated heterocycles. The standard InChI is InChI=1S/C13H17FO2S/c1-10(9-13(15)16-2)7-8-17-12-5-3-11(14)4-6-12/h3-6,10H,7-9H2,1-2H3. The third kappa shape index (κ3) is 5.73. The van der Waals surface area contributed by atoms with Gasteiger partial charge in [0.1, 0.15) is 5.82 Å². The van der Waals surface area contributed by atoms with E-state index in [0.29, 0.717) is 12.3 Å². The average Bonchev–Trinajstić information content (AvgIpc) is 2.31. The maximum Gasteiger partial charge on any atom is 0.305 e. The summed E-state index contributed by atoms with van der Waals surface area (Å²) in [6, 6.07) is 6.45. The number of hydrogen-bond acceptors (Lipinski definition) is 3. The van der Waals surface area contributed by atoms with Crippen LogP contribution in [0.4, 0.5) is 4.39 Å². The van der Waals surface area contributed by atoms with Gasteiger partial charge < -0.3 is 4.74 Å². The van der Waals surface area contributed by atoms with Crippen molar-refractivity contribution in [3.8, 4) is 0 Å². The molecule has 0 N–H and O–H groups in total. The van der Waals surface area contributed by atoms with E-state index in [1.165, 1.54) is 19.2 Å². The molecule has 1 unspecified atom stereocenters. The topological polar surface area (TPSA) is 26.3 Å². The van der Waals surface area contributed by atoms with Gasteiger partial charge in [-0.1, -0.05) is 6.92 Å². The smallest absolute Gasteiger partial charge is 0.305 e. The highest BCUT2D eigenvalue weighted by Crippen LogP contribution is 2.21. The van der Waals surface area contributed by atoms with Crippen LogP contribution in [0.25, 0.3) is 0 Å². The van der Waals surface area contributed by atoms with Crippen LogP contribution in [0.15, 0.2) is 29.2 Å². The van der Waals surface area contributed by atoms with Crippen molar-refractivity contribution in [3.63, 3.8) is 0 Å². The van der Waals surface area contributed by atoms with Crippen LogP contribution in [-0.4, -0.2) is 18.8 Å². The molecule has 0 spiro atoms. The van der Waals surface area contributed by atoms with Crippen LogP contribution < -0.4 is 0 Å². The van der Waals surface area contributed by atoms with E-state index in [1.54, 1.807) is 23.9 Å². The van der Waals surface area contributed by atoms with Crippen molar-refractivity contribution in [3.05, 3.63) is 30.1 Å². The number of carbonyl (C=O) groups is 1. The van der Waals surface area contributed by atoms with Gasteiger partial charge in [0.05, 0.1) is 7.11 Å². The van der Waals surface area contributed by atoms with Crippen LogP contribution in [0.3, 0.4) is 0 Å². The van der Waals surface area contributed by atoms with Gasteiger partial charge in [0.2, 0.25) is 0 Å². The van der Waals surface area contributed by atoms with E-state index in [1.807, 2.05) is 6.92 Å². The maximum atomic E-state index is 12.7. The van der Waals surface area contributed by atoms with Gasteiger partial charge in [0.25, 0.3) is 0 Å². The van der Waals surface area contributed by atoms with Gasteiger partial charge in [-0.25, -0.2) is 4.39 Å². The summed E-state index contributed by atoms with van der Waals surface area (Å²) in [5, 5.41) is 0. The van der Waals surface area contributed by atoms with Crippen molar-refractivity contribution < 1.29 is 13.9 Å². The van der Waals surface area contributed by atoms with Crippen LogP contribution in [0, 0.1) is 11.7 Å². The van der Waals surface area contributed by atoms with Crippen LogP contribution in [0.1, 0.15) is 19.8 Å². The molecule has 1 rings (SSSR count). The Balaban J connectivity index is 2.23. The lowest BCUT2D eigenvalue weighted by molar-refractivity contribution is -0.141. The van der Waals surface area contributed by atoms with Gasteiger partial charge in [-0.3, -0.25) is 4.79 Å². The Hall–Kier alpha value is -1.03. The molecule has 0 aliphatic carbocycles. The Bertz CT molecular complexity index is 351. The van der Waals surface area contributed by atoms with E-state index in [9.17, 15) is 9.18 Å². The van der Waals surface area contributed by atoms with Gasteiger partial charge in [0, 0.05) is 11.3 Å². The molecule has 0 saturated carbocycles. The summed E-state index contributed by atoms with van der Waals surface area (Å²) in [6.45, 7) is 2.03. The third-order valence-electron chi connectivity index (χ3n) is 2.44. The number of thioether (sulfide) groups is 1. The molecule has 0 radical (unpaired) electrons. The molecule has 1 aromatic carbocycles. The molecule has 2 nitrogen and oxygen atoms in total. The number of halogens is 1. The largest absolute Gasteiger partial charge is 0.469 e. The normalized spacial score (nSPS) is 12.2. The highest BCUT2D eigenvalue weighted by atomic mass is 32.2. The van der Waals surface area contributed by atoms with Gasteiger partial charge >= 0.3 is 5.97 Å². The molecule has 0 fully saturated rings. The fourth-order valence-electron chi connectivity index (χ4n) is 1.38. The molecule has 94 valence electrons. The summed E-state index contributed by atoms with van der Waals surface area (Å²) >= 11 is 1.67. The van der Waals surface area contributed by atoms with E-state index in [0.717, 1.165) is 17.1 Å². The summed E-state index contributed by atoms with van der Waals surface area (Å²) in [5.74, 6) is 0.858. The van der Waals surface area contributed by atoms with Crippen LogP contribution in [0.2, 0.25) is 0 Å². The van der Waals surface area contributed by atoms with E-state index < -0.39 is 0 Å². The minimum absolute atomic E-state index is 0.163. The summed E-state index contributed by atoms with van der Waals surface area (Å²) in [7, 11) is 1.41. The number of methoxy groups -OCH3 is 1. The molecule has 0 heterocycles. The first kappa shape index (κ1) is 14.0. The highest BCUT2D eigenvalue weighted by molar-refractivity contribution is 7.99. The zero-order chi connectivity index (χ0) is 12.7. The first-order valence-corrected chi connectivity index (χ1v) is 6.55. The number of carbonyl (C=O) groups excluding carboxylic acids is 1. The van der Waals surface area contributed by atoms with Crippen molar-refractivity contribution in [2.45, 2.75) is 24.7 Å². The molecule has 0 bridgehead atoms. The molecule has 4 heteroatoms. The van der Waals surface area contributed by atoms with Crippen molar-refractivity contribution in [1.29, 1.82) is 0 Å². The van der Waals surface area contributed by atoms with Gasteiger partial charge in [-0.2, -0.15) is 0 Å². The average molecular weight is 256 g/mol. The molecule has 0 aromatic heterocycles. The number of benzene rings is 1. The van der Waals surface area contributed by atoms with E-state index >= 15 is 0 Å². The van der Waals surface area contributed by atoms with E-state index in [4.69, 9.17) is 0 Å². The minimum atomic E-state index is -0.214. The van der Waals surface area contributed by atoms with E-state index in [-0.39, 0.29) is 11.8 Å². The quantitative estimate of drug-likeness (QED) is 0.575. The SMILES string of the molecule is COC(=O)CC(C)CCSc1ccc(F)cc1. The van der Waals surface area contributed by atoms with Gasteiger partial charge in [-0.05, 0) is 42.4 Å². The number of esters is 1. The van der Waals surface area contributed by atoms with E-state index in [2.05, 4.69) is 4.74 Å². The zero-order valence-electron chi connectivity index (χ0n) is 10.1. The minimum Gasteiger partial charge on any atom is -0.469 e. The molecular weight excluding hydrogens is 239 g/mol. The number of ether oxygens (including phenoxy) is 1. The highest BCUT2D eigenvalue weighted by Gasteiger charge is 2.08. The Morgan fingerprint density at radius 1 is 1.41 bits per heavy atom. The van der Waals surface area contributed by atoms with Crippen molar-refractivity contribution in [2.24, 2.45) is 5.92 Å². The third-order valence-corrected chi connectivity index (χ3v) is 3.48. The number of rotatable bonds is 6. The first-order chi connectivity index (χ1) is 8.11. The van der Waals surface area contributed by atoms with Crippen LogP contribution >= 0.6 is 11.8 Å². The molecule has 17 heavy (non-hydrogen) atoms. The van der Waals surface area contributed by atoms with Crippen molar-refractivity contribution >= 4 is 17.7 Å². The lowest BCUT2D eigenvalue weighted by Crippen LogP contribution is -2.07. The Morgan fingerprint density at radius 3 is 2.65 bits per heavy atom. The summed E-state index contributed by atoms with van der Waals surface area (Å²) in [6.07, 6.45) is 1.40. The monoisotopic (exact) mass is 256 g/mol. The van der Waals surface area contributed by atoms with Crippen LogP contribution in [0.5, 0.6) is 0 Å². The second-order valence-corrected chi connectivity index (χ2v) is 5.14. The Labute approximate surface area is 106 Å². The molecule has 1 atom stereocenters. The molecular formula is C13H17FO2S. The summed E-state index contributed by atoms with van der Waals surface area (Å²) in [5.41, 5.74) is 0.